The van der Waals surface area contributed by atoms with Crippen molar-refractivity contribution < 1.29 is 0 Å². The molecule has 0 aliphatic heterocycles. The lowest BCUT2D eigenvalue weighted by atomic mass is 10.4. The Balaban J connectivity index is 2.43. The quantitative estimate of drug-likeness (QED) is 0.752. The van der Waals surface area contributed by atoms with Crippen molar-refractivity contribution in [2.24, 2.45) is 0 Å². The molecular formula is C10H19ClN4S. The van der Waals surface area contributed by atoms with Crippen LogP contribution in [0.4, 0.5) is 0 Å². The SMILES string of the molecule is CCCN(CCN(C)C)Cc1nnc(Cl)s1. The molecule has 0 aliphatic rings. The molecule has 0 aliphatic carbocycles. The molecule has 0 unspecified atom stereocenters. The van der Waals surface area contributed by atoms with Gasteiger partial charge in [-0.25, -0.2) is 0 Å². The zero-order chi connectivity index (χ0) is 12.0. The van der Waals surface area contributed by atoms with Crippen LogP contribution < -0.4 is 0 Å². The Labute approximate surface area is 106 Å². The van der Waals surface area contributed by atoms with Crippen LogP contribution in [0.25, 0.3) is 0 Å². The second kappa shape index (κ2) is 7.17. The van der Waals surface area contributed by atoms with E-state index in [-0.39, 0.29) is 0 Å². The highest BCUT2D eigenvalue weighted by molar-refractivity contribution is 7.15. The van der Waals surface area contributed by atoms with E-state index in [1.165, 1.54) is 11.3 Å². The molecule has 0 saturated heterocycles. The maximum absolute atomic E-state index is 5.77. The van der Waals surface area contributed by atoms with Crippen LogP contribution in [-0.2, 0) is 6.54 Å². The van der Waals surface area contributed by atoms with Crippen LogP contribution in [-0.4, -0.2) is 53.7 Å². The lowest BCUT2D eigenvalue weighted by Gasteiger charge is -2.22. The lowest BCUT2D eigenvalue weighted by Crippen LogP contribution is -2.31. The predicted octanol–water partition coefficient (Wildman–Crippen LogP) is 1.97. The molecule has 0 spiro atoms. The highest BCUT2D eigenvalue weighted by atomic mass is 35.5. The average Bonchev–Trinajstić information content (AvgIpc) is 2.61. The van der Waals surface area contributed by atoms with Gasteiger partial charge in [0.05, 0.1) is 6.54 Å². The Morgan fingerprint density at radius 3 is 2.44 bits per heavy atom. The minimum atomic E-state index is 0.527. The maximum Gasteiger partial charge on any atom is 0.207 e. The van der Waals surface area contributed by atoms with Crippen molar-refractivity contribution in [2.45, 2.75) is 19.9 Å². The monoisotopic (exact) mass is 262 g/mol. The summed E-state index contributed by atoms with van der Waals surface area (Å²) in [5.41, 5.74) is 0. The van der Waals surface area contributed by atoms with Gasteiger partial charge in [0, 0.05) is 13.1 Å². The van der Waals surface area contributed by atoms with Crippen LogP contribution in [0.5, 0.6) is 0 Å². The van der Waals surface area contributed by atoms with E-state index < -0.39 is 0 Å². The molecule has 4 nitrogen and oxygen atoms in total. The van der Waals surface area contributed by atoms with Gasteiger partial charge in [-0.3, -0.25) is 4.90 Å². The molecule has 0 saturated carbocycles. The number of hydrogen-bond acceptors (Lipinski definition) is 5. The summed E-state index contributed by atoms with van der Waals surface area (Å²) in [5, 5.41) is 8.87. The molecule has 1 rings (SSSR count). The van der Waals surface area contributed by atoms with Crippen molar-refractivity contribution in [3.8, 4) is 0 Å². The number of rotatable bonds is 7. The summed E-state index contributed by atoms with van der Waals surface area (Å²) < 4.78 is 0.527. The molecule has 1 heterocycles. The first-order valence-electron chi connectivity index (χ1n) is 5.46. The van der Waals surface area contributed by atoms with E-state index in [2.05, 4.69) is 41.0 Å². The fourth-order valence-corrected chi connectivity index (χ4v) is 2.33. The van der Waals surface area contributed by atoms with Crippen LogP contribution >= 0.6 is 22.9 Å². The van der Waals surface area contributed by atoms with Crippen LogP contribution in [0.15, 0.2) is 0 Å². The number of likely N-dealkylation sites (N-methyl/N-ethyl adjacent to an activating group) is 1. The highest BCUT2D eigenvalue weighted by Crippen LogP contribution is 2.16. The van der Waals surface area contributed by atoms with Gasteiger partial charge in [-0.15, -0.1) is 10.2 Å². The summed E-state index contributed by atoms with van der Waals surface area (Å²) in [7, 11) is 4.18. The first-order chi connectivity index (χ1) is 7.61. The summed E-state index contributed by atoms with van der Waals surface area (Å²) in [5.74, 6) is 0. The van der Waals surface area contributed by atoms with E-state index in [1.54, 1.807) is 0 Å². The van der Waals surface area contributed by atoms with Crippen molar-refractivity contribution in [3.05, 3.63) is 9.47 Å². The third kappa shape index (κ3) is 5.21. The third-order valence-corrected chi connectivity index (χ3v) is 3.21. The topological polar surface area (TPSA) is 32.3 Å². The fraction of sp³-hybridized carbons (Fsp3) is 0.800. The lowest BCUT2D eigenvalue weighted by molar-refractivity contribution is 0.233. The van der Waals surface area contributed by atoms with Crippen molar-refractivity contribution in [1.82, 2.24) is 20.0 Å². The van der Waals surface area contributed by atoms with Crippen molar-refractivity contribution in [1.29, 1.82) is 0 Å². The largest absolute Gasteiger partial charge is 0.308 e. The molecule has 16 heavy (non-hydrogen) atoms. The van der Waals surface area contributed by atoms with Gasteiger partial charge in [0.2, 0.25) is 4.47 Å². The van der Waals surface area contributed by atoms with Gasteiger partial charge in [0.1, 0.15) is 5.01 Å². The molecule has 0 amide bonds. The van der Waals surface area contributed by atoms with E-state index in [9.17, 15) is 0 Å². The van der Waals surface area contributed by atoms with Gasteiger partial charge < -0.3 is 4.90 Å². The number of hydrogen-bond donors (Lipinski definition) is 0. The minimum Gasteiger partial charge on any atom is -0.308 e. The van der Waals surface area contributed by atoms with E-state index in [4.69, 9.17) is 11.6 Å². The highest BCUT2D eigenvalue weighted by Gasteiger charge is 2.09. The Kier molecular flexibility index (Phi) is 6.20. The molecule has 0 radical (unpaired) electrons. The van der Waals surface area contributed by atoms with Crippen molar-refractivity contribution in [3.63, 3.8) is 0 Å². The Morgan fingerprint density at radius 2 is 1.94 bits per heavy atom. The summed E-state index contributed by atoms with van der Waals surface area (Å²) in [6.45, 7) is 6.25. The summed E-state index contributed by atoms with van der Waals surface area (Å²) >= 11 is 7.23. The molecule has 0 aromatic carbocycles. The zero-order valence-electron chi connectivity index (χ0n) is 10.1. The molecule has 6 heteroatoms. The first-order valence-corrected chi connectivity index (χ1v) is 6.66. The fourth-order valence-electron chi connectivity index (χ4n) is 1.42. The zero-order valence-corrected chi connectivity index (χ0v) is 11.7. The molecule has 92 valence electrons. The van der Waals surface area contributed by atoms with Gasteiger partial charge in [-0.05, 0) is 38.7 Å². The molecular weight excluding hydrogens is 244 g/mol. The molecule has 0 fully saturated rings. The average molecular weight is 263 g/mol. The summed E-state index contributed by atoms with van der Waals surface area (Å²) in [6, 6.07) is 0. The smallest absolute Gasteiger partial charge is 0.207 e. The van der Waals surface area contributed by atoms with Crippen LogP contribution in [0.3, 0.4) is 0 Å². The Morgan fingerprint density at radius 1 is 1.19 bits per heavy atom. The standard InChI is InChI=1S/C10H19ClN4S/c1-4-5-15(7-6-14(2)3)8-9-12-13-10(11)16-9/h4-8H2,1-3H3. The molecule has 1 aromatic heterocycles. The number of nitrogens with zero attached hydrogens (tertiary/aromatic N) is 4. The van der Waals surface area contributed by atoms with E-state index >= 15 is 0 Å². The van der Waals surface area contributed by atoms with Gasteiger partial charge in [-0.2, -0.15) is 0 Å². The normalized spacial score (nSPS) is 11.6. The molecule has 0 atom stereocenters. The van der Waals surface area contributed by atoms with Crippen molar-refractivity contribution in [2.75, 3.05) is 33.7 Å². The van der Waals surface area contributed by atoms with E-state index in [0.29, 0.717) is 4.47 Å². The maximum atomic E-state index is 5.77. The number of aromatic nitrogens is 2. The second-order valence-corrected chi connectivity index (χ2v) is 5.67. The first kappa shape index (κ1) is 13.8. The summed E-state index contributed by atoms with van der Waals surface area (Å²) in [4.78, 5) is 4.58. The van der Waals surface area contributed by atoms with Crippen LogP contribution in [0.1, 0.15) is 18.4 Å². The van der Waals surface area contributed by atoms with E-state index in [1.807, 2.05) is 0 Å². The third-order valence-electron chi connectivity index (χ3n) is 2.20. The number of halogens is 1. The van der Waals surface area contributed by atoms with Crippen LogP contribution in [0.2, 0.25) is 4.47 Å². The molecule has 0 bridgehead atoms. The Bertz CT molecular complexity index is 303. The summed E-state index contributed by atoms with van der Waals surface area (Å²) in [6.07, 6.45) is 1.15. The molecule has 1 aromatic rings. The van der Waals surface area contributed by atoms with Gasteiger partial charge >= 0.3 is 0 Å². The predicted molar refractivity (Wildman–Crippen MR) is 69.0 cm³/mol. The minimum absolute atomic E-state index is 0.527. The van der Waals surface area contributed by atoms with Gasteiger partial charge in [0.15, 0.2) is 0 Å². The van der Waals surface area contributed by atoms with Crippen molar-refractivity contribution >= 4 is 22.9 Å². The second-order valence-electron chi connectivity index (χ2n) is 4.03. The van der Waals surface area contributed by atoms with Gasteiger partial charge in [0.25, 0.3) is 0 Å². The molecule has 0 N–H and O–H groups in total. The van der Waals surface area contributed by atoms with Gasteiger partial charge in [-0.1, -0.05) is 18.3 Å². The van der Waals surface area contributed by atoms with E-state index in [0.717, 1.165) is 37.6 Å². The Hall–Kier alpha value is -0.230. The van der Waals surface area contributed by atoms with Crippen LogP contribution in [0, 0.1) is 0 Å².